The summed E-state index contributed by atoms with van der Waals surface area (Å²) in [6.07, 6.45) is 0. The molecule has 2 aromatic heterocycles. The molecule has 11 aromatic carbocycles. The van der Waals surface area contributed by atoms with Crippen LogP contribution in [0.25, 0.3) is 143 Å². The van der Waals surface area contributed by atoms with Gasteiger partial charge in [-0.25, -0.2) is 0 Å². The summed E-state index contributed by atoms with van der Waals surface area (Å²) >= 11 is 0. The van der Waals surface area contributed by atoms with Gasteiger partial charge < -0.3 is 8.83 Å². The summed E-state index contributed by atoms with van der Waals surface area (Å²) in [5, 5.41) is 12.1. The normalized spacial score (nSPS) is 12.2. The Bertz CT molecular complexity index is 4050. The molecule has 2 heteroatoms. The van der Waals surface area contributed by atoms with E-state index in [4.69, 9.17) is 8.83 Å². The van der Waals surface area contributed by atoms with Crippen LogP contribution in [0.1, 0.15) is 0 Å². The lowest BCUT2D eigenvalue weighted by molar-refractivity contribution is 0.669. The van der Waals surface area contributed by atoms with E-state index in [-0.39, 0.29) is 0 Å². The van der Waals surface area contributed by atoms with Crippen LogP contribution in [0.5, 0.6) is 0 Å². The molecule has 13 aromatic rings. The third kappa shape index (κ3) is 4.64. The van der Waals surface area contributed by atoms with Gasteiger partial charge in [0, 0.05) is 32.7 Å². The van der Waals surface area contributed by atoms with Gasteiger partial charge in [0.15, 0.2) is 0 Å². The zero-order valence-electron chi connectivity index (χ0n) is 33.4. The molecule has 0 N–H and O–H groups in total. The van der Waals surface area contributed by atoms with Gasteiger partial charge >= 0.3 is 0 Å². The maximum Gasteiger partial charge on any atom is 0.143 e. The fraction of sp³-hybridized carbons (Fsp3) is 0. The standard InChI is InChI=1S/C60H34O2/c1-3-16-39-37(14-1)38-15-2-4-17-40(38)53-34-55-42-31-30-35(36-22-11-25-48-43-19-7-9-28-56(43)61-59(36)48)32-51(42)47-24-12-23-46(58(47)45-21-6-5-18-41(45)54(55)33-52(39)53)50-27-13-26-49-44-20-8-10-29-57(44)62-60(49)50/h1-34H. The molecule has 0 bridgehead atoms. The van der Waals surface area contributed by atoms with Crippen LogP contribution in [0.2, 0.25) is 0 Å². The molecule has 0 atom stereocenters. The predicted octanol–water partition coefficient (Wildman–Crippen LogP) is 17.3. The van der Waals surface area contributed by atoms with E-state index in [1.807, 2.05) is 12.1 Å². The number of rotatable bonds is 2. The first-order valence-corrected chi connectivity index (χ1v) is 21.3. The molecule has 2 heterocycles. The Morgan fingerprint density at radius 2 is 0.597 bits per heavy atom. The lowest BCUT2D eigenvalue weighted by Gasteiger charge is -2.26. The monoisotopic (exact) mass is 786 g/mol. The Morgan fingerprint density at radius 1 is 0.210 bits per heavy atom. The van der Waals surface area contributed by atoms with Crippen molar-refractivity contribution < 1.29 is 8.83 Å². The fourth-order valence-corrected chi connectivity index (χ4v) is 10.7. The molecule has 1 aliphatic carbocycles. The third-order valence-electron chi connectivity index (χ3n) is 13.4. The Balaban J connectivity index is 1.13. The number of para-hydroxylation sites is 4. The van der Waals surface area contributed by atoms with Gasteiger partial charge in [0.05, 0.1) is 0 Å². The van der Waals surface area contributed by atoms with Crippen LogP contribution in [-0.2, 0) is 0 Å². The van der Waals surface area contributed by atoms with E-state index in [1.54, 1.807) is 0 Å². The quantitative estimate of drug-likeness (QED) is 0.163. The van der Waals surface area contributed by atoms with Gasteiger partial charge in [0.1, 0.15) is 22.3 Å². The minimum absolute atomic E-state index is 0.893. The molecule has 2 nitrogen and oxygen atoms in total. The lowest BCUT2D eigenvalue weighted by Crippen LogP contribution is -2.00. The van der Waals surface area contributed by atoms with Crippen molar-refractivity contribution in [2.24, 2.45) is 0 Å². The second-order valence-electron chi connectivity index (χ2n) is 16.6. The average molecular weight is 787 g/mol. The zero-order valence-corrected chi connectivity index (χ0v) is 33.4. The van der Waals surface area contributed by atoms with Crippen LogP contribution in [-0.4, -0.2) is 0 Å². The van der Waals surface area contributed by atoms with E-state index in [0.29, 0.717) is 0 Å². The Kier molecular flexibility index (Phi) is 6.86. The molecule has 286 valence electrons. The van der Waals surface area contributed by atoms with Crippen molar-refractivity contribution in [2.45, 2.75) is 0 Å². The number of hydrogen-bond donors (Lipinski definition) is 0. The summed E-state index contributed by atoms with van der Waals surface area (Å²) < 4.78 is 13.4. The highest BCUT2D eigenvalue weighted by Crippen LogP contribution is 2.54. The van der Waals surface area contributed by atoms with E-state index in [2.05, 4.69) is 194 Å². The summed E-state index contributed by atoms with van der Waals surface area (Å²) in [5.74, 6) is 0. The first kappa shape index (κ1) is 33.6. The molecular formula is C60H34O2. The van der Waals surface area contributed by atoms with Gasteiger partial charge in [-0.3, -0.25) is 0 Å². The van der Waals surface area contributed by atoms with Crippen molar-refractivity contribution in [2.75, 3.05) is 0 Å². The fourth-order valence-electron chi connectivity index (χ4n) is 10.7. The Hall–Kier alpha value is -8.20. The summed E-state index contributed by atoms with van der Waals surface area (Å²) in [6.45, 7) is 0. The molecule has 0 saturated carbocycles. The van der Waals surface area contributed by atoms with Crippen LogP contribution < -0.4 is 0 Å². The van der Waals surface area contributed by atoms with Gasteiger partial charge in [0.2, 0.25) is 0 Å². The Labute approximate surface area is 356 Å². The minimum Gasteiger partial charge on any atom is -0.455 e. The van der Waals surface area contributed by atoms with Crippen molar-refractivity contribution in [3.63, 3.8) is 0 Å². The van der Waals surface area contributed by atoms with E-state index in [0.717, 1.165) is 66.1 Å². The highest BCUT2D eigenvalue weighted by Gasteiger charge is 2.27. The molecule has 0 spiro atoms. The second kappa shape index (κ2) is 12.7. The van der Waals surface area contributed by atoms with Crippen LogP contribution in [0.15, 0.2) is 215 Å². The molecule has 1 aliphatic rings. The minimum atomic E-state index is 0.893. The maximum atomic E-state index is 6.76. The van der Waals surface area contributed by atoms with E-state index < -0.39 is 0 Å². The Morgan fingerprint density at radius 3 is 1.21 bits per heavy atom. The predicted molar refractivity (Wildman–Crippen MR) is 260 cm³/mol. The highest BCUT2D eigenvalue weighted by atomic mass is 16.3. The van der Waals surface area contributed by atoms with Crippen LogP contribution >= 0.6 is 0 Å². The van der Waals surface area contributed by atoms with Crippen molar-refractivity contribution in [1.82, 2.24) is 0 Å². The van der Waals surface area contributed by atoms with Gasteiger partial charge in [-0.1, -0.05) is 176 Å². The number of benzene rings is 11. The van der Waals surface area contributed by atoms with Gasteiger partial charge in [-0.05, 0) is 118 Å². The highest BCUT2D eigenvalue weighted by molar-refractivity contribution is 6.27. The molecule has 0 aliphatic heterocycles. The SMILES string of the molecule is c1ccc2c(c1)-c1cc3c4ccccc4c4ccccc4c3cc1-c1ccc(-c3cccc4c3oc3ccccc34)cc1-c1cccc(-c3cccc4c3oc3ccccc34)c1-2. The number of furan rings is 2. The zero-order chi connectivity index (χ0) is 40.5. The molecule has 0 fully saturated rings. The van der Waals surface area contributed by atoms with Crippen molar-refractivity contribution in [1.29, 1.82) is 0 Å². The average Bonchev–Trinajstić information content (AvgIpc) is 3.92. The van der Waals surface area contributed by atoms with Crippen molar-refractivity contribution in [3.05, 3.63) is 206 Å². The van der Waals surface area contributed by atoms with Gasteiger partial charge in [-0.15, -0.1) is 0 Å². The topological polar surface area (TPSA) is 26.3 Å². The molecule has 14 rings (SSSR count). The number of hydrogen-bond acceptors (Lipinski definition) is 2. The molecule has 0 radical (unpaired) electrons. The van der Waals surface area contributed by atoms with Crippen molar-refractivity contribution >= 4 is 76.2 Å². The van der Waals surface area contributed by atoms with E-state index in [1.165, 1.54) is 76.8 Å². The molecular weight excluding hydrogens is 753 g/mol. The van der Waals surface area contributed by atoms with E-state index >= 15 is 0 Å². The summed E-state index contributed by atoms with van der Waals surface area (Å²) in [7, 11) is 0. The summed E-state index contributed by atoms with van der Waals surface area (Å²) in [5.41, 5.74) is 17.5. The largest absolute Gasteiger partial charge is 0.455 e. The van der Waals surface area contributed by atoms with Crippen molar-refractivity contribution in [3.8, 4) is 66.8 Å². The van der Waals surface area contributed by atoms with Gasteiger partial charge in [-0.2, -0.15) is 0 Å². The summed E-state index contributed by atoms with van der Waals surface area (Å²) in [4.78, 5) is 0. The summed E-state index contributed by atoms with van der Waals surface area (Å²) in [6, 6.07) is 75.3. The first-order chi connectivity index (χ1) is 30.8. The van der Waals surface area contributed by atoms with E-state index in [9.17, 15) is 0 Å². The second-order valence-corrected chi connectivity index (χ2v) is 16.6. The molecule has 0 amide bonds. The lowest BCUT2D eigenvalue weighted by atomic mass is 9.76. The van der Waals surface area contributed by atoms with Crippen LogP contribution in [0, 0.1) is 0 Å². The number of fused-ring (bicyclic) bond motifs is 20. The molecule has 0 unspecified atom stereocenters. The van der Waals surface area contributed by atoms with Gasteiger partial charge in [0.25, 0.3) is 0 Å². The van der Waals surface area contributed by atoms with Crippen LogP contribution in [0.3, 0.4) is 0 Å². The third-order valence-corrected chi connectivity index (χ3v) is 13.4. The molecule has 0 saturated heterocycles. The smallest absolute Gasteiger partial charge is 0.143 e. The maximum absolute atomic E-state index is 6.76. The first-order valence-electron chi connectivity index (χ1n) is 21.3. The molecule has 62 heavy (non-hydrogen) atoms. The van der Waals surface area contributed by atoms with Crippen LogP contribution in [0.4, 0.5) is 0 Å².